The van der Waals surface area contributed by atoms with Crippen LogP contribution in [0.5, 0.6) is 5.75 Å². The summed E-state index contributed by atoms with van der Waals surface area (Å²) >= 11 is 0. The molecule has 2 aliphatic rings. The number of nitrogens with zero attached hydrogens (tertiary/aromatic N) is 1. The van der Waals surface area contributed by atoms with Gasteiger partial charge in [-0.3, -0.25) is 4.90 Å². The highest BCUT2D eigenvalue weighted by Gasteiger charge is 2.41. The standard InChI is InChI=1S/C16H24N2O/c1-3-19-15-6-4-5-13(7-15)10-18-11-14-8-17-9-16(14)12(18)2/h4-7,12,14,16-17H,3,8-11H2,1-2H3. The van der Waals surface area contributed by atoms with Crippen LogP contribution in [-0.4, -0.2) is 37.2 Å². The third-order valence-corrected chi connectivity index (χ3v) is 4.65. The van der Waals surface area contributed by atoms with Crippen LogP contribution in [0.2, 0.25) is 0 Å². The van der Waals surface area contributed by atoms with E-state index in [1.54, 1.807) is 0 Å². The lowest BCUT2D eigenvalue weighted by molar-refractivity contribution is 0.231. The summed E-state index contributed by atoms with van der Waals surface area (Å²) in [5.74, 6) is 2.69. The van der Waals surface area contributed by atoms with E-state index in [0.29, 0.717) is 6.04 Å². The van der Waals surface area contributed by atoms with Crippen LogP contribution in [-0.2, 0) is 6.54 Å². The largest absolute Gasteiger partial charge is 0.494 e. The quantitative estimate of drug-likeness (QED) is 0.897. The molecular weight excluding hydrogens is 236 g/mol. The highest BCUT2D eigenvalue weighted by atomic mass is 16.5. The molecule has 0 saturated carbocycles. The first-order valence-electron chi connectivity index (χ1n) is 7.44. The van der Waals surface area contributed by atoms with Crippen LogP contribution < -0.4 is 10.1 Å². The van der Waals surface area contributed by atoms with Gasteiger partial charge >= 0.3 is 0 Å². The molecule has 0 aliphatic carbocycles. The lowest BCUT2D eigenvalue weighted by atomic mass is 9.95. The number of nitrogens with one attached hydrogen (secondary N) is 1. The van der Waals surface area contributed by atoms with Gasteiger partial charge in [-0.25, -0.2) is 0 Å². The first-order chi connectivity index (χ1) is 9.28. The number of fused-ring (bicyclic) bond motifs is 1. The Morgan fingerprint density at radius 2 is 2.26 bits per heavy atom. The molecule has 0 bridgehead atoms. The van der Waals surface area contributed by atoms with Crippen LogP contribution >= 0.6 is 0 Å². The zero-order valence-electron chi connectivity index (χ0n) is 11.9. The Balaban J connectivity index is 1.66. The summed E-state index contributed by atoms with van der Waals surface area (Å²) in [5, 5.41) is 3.52. The Hall–Kier alpha value is -1.06. The summed E-state index contributed by atoms with van der Waals surface area (Å²) in [7, 11) is 0. The summed E-state index contributed by atoms with van der Waals surface area (Å²) < 4.78 is 5.58. The van der Waals surface area contributed by atoms with Crippen molar-refractivity contribution < 1.29 is 4.74 Å². The van der Waals surface area contributed by atoms with Gasteiger partial charge in [0.15, 0.2) is 0 Å². The highest BCUT2D eigenvalue weighted by molar-refractivity contribution is 5.28. The highest BCUT2D eigenvalue weighted by Crippen LogP contribution is 2.33. The average Bonchev–Trinajstić information content (AvgIpc) is 2.95. The van der Waals surface area contributed by atoms with E-state index < -0.39 is 0 Å². The van der Waals surface area contributed by atoms with Crippen LogP contribution in [0, 0.1) is 11.8 Å². The van der Waals surface area contributed by atoms with Crippen molar-refractivity contribution in [3.8, 4) is 5.75 Å². The normalized spacial score (nSPS) is 30.5. The van der Waals surface area contributed by atoms with Gasteiger partial charge in [0, 0.05) is 19.1 Å². The van der Waals surface area contributed by atoms with Gasteiger partial charge in [-0.1, -0.05) is 12.1 Å². The summed E-state index contributed by atoms with van der Waals surface area (Å²) in [6.07, 6.45) is 0. The number of hydrogen-bond donors (Lipinski definition) is 1. The molecule has 3 rings (SSSR count). The number of ether oxygens (including phenoxy) is 1. The second kappa shape index (κ2) is 5.51. The molecular formula is C16H24N2O. The van der Waals surface area contributed by atoms with Crippen molar-refractivity contribution in [2.75, 3.05) is 26.2 Å². The third kappa shape index (κ3) is 2.63. The molecule has 3 atom stereocenters. The second-order valence-corrected chi connectivity index (χ2v) is 5.83. The van der Waals surface area contributed by atoms with E-state index in [9.17, 15) is 0 Å². The van der Waals surface area contributed by atoms with Crippen molar-refractivity contribution in [3.63, 3.8) is 0 Å². The van der Waals surface area contributed by atoms with Gasteiger partial charge < -0.3 is 10.1 Å². The van der Waals surface area contributed by atoms with E-state index in [-0.39, 0.29) is 0 Å². The van der Waals surface area contributed by atoms with Crippen molar-refractivity contribution in [1.82, 2.24) is 10.2 Å². The minimum atomic E-state index is 0.691. The maximum absolute atomic E-state index is 5.58. The van der Waals surface area contributed by atoms with Crippen molar-refractivity contribution >= 4 is 0 Å². The molecule has 104 valence electrons. The Labute approximate surface area is 115 Å². The Bertz CT molecular complexity index is 435. The Kier molecular flexibility index (Phi) is 3.76. The van der Waals surface area contributed by atoms with Crippen LogP contribution in [0.25, 0.3) is 0 Å². The van der Waals surface area contributed by atoms with E-state index in [2.05, 4.69) is 35.3 Å². The van der Waals surface area contributed by atoms with E-state index in [0.717, 1.165) is 30.7 Å². The first kappa shape index (κ1) is 12.9. The zero-order chi connectivity index (χ0) is 13.2. The van der Waals surface area contributed by atoms with Crippen molar-refractivity contribution in [2.45, 2.75) is 26.4 Å². The molecule has 2 heterocycles. The summed E-state index contributed by atoms with van der Waals surface area (Å²) in [6.45, 7) is 9.82. The van der Waals surface area contributed by atoms with Gasteiger partial charge in [0.05, 0.1) is 6.61 Å². The van der Waals surface area contributed by atoms with Gasteiger partial charge in [0.1, 0.15) is 5.75 Å². The topological polar surface area (TPSA) is 24.5 Å². The molecule has 0 aromatic heterocycles. The first-order valence-corrected chi connectivity index (χ1v) is 7.44. The molecule has 2 aliphatic heterocycles. The van der Waals surface area contributed by atoms with Crippen LogP contribution in [0.3, 0.4) is 0 Å². The van der Waals surface area contributed by atoms with E-state index in [1.165, 1.54) is 25.2 Å². The van der Waals surface area contributed by atoms with Crippen LogP contribution in [0.4, 0.5) is 0 Å². The Morgan fingerprint density at radius 1 is 1.37 bits per heavy atom. The molecule has 0 spiro atoms. The molecule has 3 nitrogen and oxygen atoms in total. The molecule has 3 unspecified atom stereocenters. The zero-order valence-corrected chi connectivity index (χ0v) is 11.9. The monoisotopic (exact) mass is 260 g/mol. The summed E-state index contributed by atoms with van der Waals surface area (Å²) in [4.78, 5) is 2.63. The summed E-state index contributed by atoms with van der Waals surface area (Å²) in [5.41, 5.74) is 1.37. The maximum atomic E-state index is 5.58. The molecule has 1 aromatic carbocycles. The number of benzene rings is 1. The molecule has 0 radical (unpaired) electrons. The second-order valence-electron chi connectivity index (χ2n) is 5.83. The van der Waals surface area contributed by atoms with Crippen molar-refractivity contribution in [3.05, 3.63) is 29.8 Å². The minimum Gasteiger partial charge on any atom is -0.494 e. The van der Waals surface area contributed by atoms with E-state index >= 15 is 0 Å². The fraction of sp³-hybridized carbons (Fsp3) is 0.625. The fourth-order valence-electron chi connectivity index (χ4n) is 3.60. The molecule has 1 N–H and O–H groups in total. The van der Waals surface area contributed by atoms with Crippen LogP contribution in [0.1, 0.15) is 19.4 Å². The predicted molar refractivity (Wildman–Crippen MR) is 77.3 cm³/mol. The van der Waals surface area contributed by atoms with Crippen LogP contribution in [0.15, 0.2) is 24.3 Å². The fourth-order valence-corrected chi connectivity index (χ4v) is 3.60. The molecule has 2 saturated heterocycles. The number of hydrogen-bond acceptors (Lipinski definition) is 3. The maximum Gasteiger partial charge on any atom is 0.119 e. The number of likely N-dealkylation sites (tertiary alicyclic amines) is 1. The van der Waals surface area contributed by atoms with E-state index in [1.807, 2.05) is 13.0 Å². The third-order valence-electron chi connectivity index (χ3n) is 4.65. The molecule has 2 fully saturated rings. The predicted octanol–water partition coefficient (Wildman–Crippen LogP) is 2.12. The van der Waals surface area contributed by atoms with Crippen molar-refractivity contribution in [2.24, 2.45) is 11.8 Å². The number of rotatable bonds is 4. The van der Waals surface area contributed by atoms with Crippen molar-refractivity contribution in [1.29, 1.82) is 0 Å². The van der Waals surface area contributed by atoms with Gasteiger partial charge in [-0.15, -0.1) is 0 Å². The average molecular weight is 260 g/mol. The smallest absolute Gasteiger partial charge is 0.119 e. The molecule has 0 amide bonds. The lowest BCUT2D eigenvalue weighted by Crippen LogP contribution is -2.32. The SMILES string of the molecule is CCOc1cccc(CN2CC3CNCC3C2C)c1. The lowest BCUT2D eigenvalue weighted by Gasteiger charge is -2.24. The molecule has 19 heavy (non-hydrogen) atoms. The van der Waals surface area contributed by atoms with Gasteiger partial charge in [-0.2, -0.15) is 0 Å². The van der Waals surface area contributed by atoms with E-state index in [4.69, 9.17) is 4.74 Å². The Morgan fingerprint density at radius 3 is 3.05 bits per heavy atom. The summed E-state index contributed by atoms with van der Waals surface area (Å²) in [6, 6.07) is 9.22. The van der Waals surface area contributed by atoms with Gasteiger partial charge in [-0.05, 0) is 56.5 Å². The molecule has 3 heteroatoms. The van der Waals surface area contributed by atoms with Gasteiger partial charge in [0.25, 0.3) is 0 Å². The molecule has 1 aromatic rings. The minimum absolute atomic E-state index is 0.691. The van der Waals surface area contributed by atoms with Gasteiger partial charge in [0.2, 0.25) is 0 Å².